The van der Waals surface area contributed by atoms with Crippen molar-refractivity contribution in [2.24, 2.45) is 0 Å². The molecule has 3 aromatic rings. The number of carbonyl (C=O) groups is 1. The summed E-state index contributed by atoms with van der Waals surface area (Å²) in [6.45, 7) is 4.59. The number of fused-ring (bicyclic) bond motifs is 1. The fraction of sp³-hybridized carbons (Fsp3) is 0.263. The zero-order chi connectivity index (χ0) is 16.9. The van der Waals surface area contributed by atoms with Gasteiger partial charge in [0.05, 0.1) is 10.9 Å². The van der Waals surface area contributed by atoms with Crippen LogP contribution >= 0.6 is 11.8 Å². The molecule has 0 saturated carbocycles. The number of hydrogen-bond donors (Lipinski definition) is 1. The van der Waals surface area contributed by atoms with E-state index >= 15 is 0 Å². The van der Waals surface area contributed by atoms with Gasteiger partial charge in [0.15, 0.2) is 0 Å². The molecule has 24 heavy (non-hydrogen) atoms. The smallest absolute Gasteiger partial charge is 0.233 e. The van der Waals surface area contributed by atoms with Gasteiger partial charge in [0.1, 0.15) is 5.65 Å². The lowest BCUT2D eigenvalue weighted by Crippen LogP contribution is -2.32. The zero-order valence-corrected chi connectivity index (χ0v) is 14.7. The Hall–Kier alpha value is -2.27. The molecule has 2 heterocycles. The maximum atomic E-state index is 12.2. The van der Waals surface area contributed by atoms with E-state index in [2.05, 4.69) is 41.5 Å². The van der Waals surface area contributed by atoms with Gasteiger partial charge in [-0.2, -0.15) is 0 Å². The number of nitrogens with zero attached hydrogens (tertiary/aromatic N) is 2. The molecule has 2 aromatic heterocycles. The number of imidazole rings is 1. The summed E-state index contributed by atoms with van der Waals surface area (Å²) >= 11 is 1.58. The van der Waals surface area contributed by atoms with E-state index in [1.165, 1.54) is 5.56 Å². The third-order valence-electron chi connectivity index (χ3n) is 3.80. The third-order valence-corrected chi connectivity index (χ3v) is 4.91. The van der Waals surface area contributed by atoms with Crippen LogP contribution in [0.1, 0.15) is 18.2 Å². The predicted molar refractivity (Wildman–Crippen MR) is 98.4 cm³/mol. The molecule has 1 N–H and O–H groups in total. The van der Waals surface area contributed by atoms with Crippen molar-refractivity contribution in [1.29, 1.82) is 0 Å². The van der Waals surface area contributed by atoms with Gasteiger partial charge in [-0.05, 0) is 38.1 Å². The molecule has 0 unspecified atom stereocenters. The number of hydrogen-bond acceptors (Lipinski definition) is 3. The minimum atomic E-state index is -0.117. The first-order chi connectivity index (χ1) is 11.6. The van der Waals surface area contributed by atoms with Crippen LogP contribution in [0.2, 0.25) is 0 Å². The summed E-state index contributed by atoms with van der Waals surface area (Å²) in [6.07, 6.45) is 4.71. The summed E-state index contributed by atoms with van der Waals surface area (Å²) in [5, 5.41) is 2.88. The summed E-state index contributed by atoms with van der Waals surface area (Å²) < 4.78 is 1.99. The maximum Gasteiger partial charge on any atom is 0.233 e. The second-order valence-corrected chi connectivity index (χ2v) is 7.23. The number of benzene rings is 1. The Kier molecular flexibility index (Phi) is 5.20. The van der Waals surface area contributed by atoms with Gasteiger partial charge in [-0.25, -0.2) is 4.98 Å². The van der Waals surface area contributed by atoms with Crippen molar-refractivity contribution < 1.29 is 4.79 Å². The number of aryl methyl sites for hydroxylation is 1. The Morgan fingerprint density at radius 2 is 2.04 bits per heavy atom. The highest BCUT2D eigenvalue weighted by Crippen LogP contribution is 2.23. The van der Waals surface area contributed by atoms with Crippen LogP contribution in [0.3, 0.4) is 0 Å². The van der Waals surface area contributed by atoms with Crippen molar-refractivity contribution in [1.82, 2.24) is 14.7 Å². The van der Waals surface area contributed by atoms with E-state index in [1.54, 1.807) is 11.8 Å². The Morgan fingerprint density at radius 3 is 2.79 bits per heavy atom. The molecule has 0 saturated heterocycles. The van der Waals surface area contributed by atoms with Gasteiger partial charge < -0.3 is 9.72 Å². The molecule has 0 fully saturated rings. The summed E-state index contributed by atoms with van der Waals surface area (Å²) in [4.78, 5) is 17.9. The van der Waals surface area contributed by atoms with Gasteiger partial charge in [0.25, 0.3) is 0 Å². The molecule has 1 aromatic carbocycles. The quantitative estimate of drug-likeness (QED) is 0.699. The summed E-state index contributed by atoms with van der Waals surface area (Å²) in [5.74, 6) is 0.0596. The second kappa shape index (κ2) is 7.53. The molecular weight excluding hydrogens is 318 g/mol. The van der Waals surface area contributed by atoms with E-state index in [0.717, 1.165) is 22.7 Å². The van der Waals surface area contributed by atoms with Gasteiger partial charge in [-0.15, -0.1) is 11.8 Å². The van der Waals surface area contributed by atoms with Crippen LogP contribution in [0.15, 0.2) is 59.8 Å². The number of thioether (sulfide) groups is 1. The van der Waals surface area contributed by atoms with Crippen molar-refractivity contribution in [3.05, 3.63) is 66.1 Å². The van der Waals surface area contributed by atoms with Gasteiger partial charge >= 0.3 is 0 Å². The van der Waals surface area contributed by atoms with E-state index in [9.17, 15) is 4.79 Å². The van der Waals surface area contributed by atoms with Gasteiger partial charge in [-0.3, -0.25) is 4.79 Å². The van der Waals surface area contributed by atoms with Crippen molar-refractivity contribution >= 4 is 23.3 Å². The minimum absolute atomic E-state index is 0.0596. The van der Waals surface area contributed by atoms with E-state index < -0.39 is 0 Å². The van der Waals surface area contributed by atoms with E-state index in [0.29, 0.717) is 6.54 Å². The minimum Gasteiger partial charge on any atom is -0.355 e. The Bertz CT molecular complexity index is 793. The van der Waals surface area contributed by atoms with Crippen LogP contribution in [-0.2, 0) is 11.2 Å². The number of amides is 1. The van der Waals surface area contributed by atoms with Crippen molar-refractivity contribution in [3.8, 4) is 0 Å². The Labute approximate surface area is 146 Å². The summed E-state index contributed by atoms with van der Waals surface area (Å²) in [6, 6.07) is 14.2. The highest BCUT2D eigenvalue weighted by Gasteiger charge is 2.14. The summed E-state index contributed by atoms with van der Waals surface area (Å²) in [7, 11) is 0. The standard InChI is InChI=1S/C19H21N3OS/c1-14-6-8-17(9-7-14)24-15(2)19(23)20-11-10-16-13-22-12-4-3-5-18(22)21-16/h3-9,12-13,15H,10-11H2,1-2H3,(H,20,23)/t15-/m0/s1. The van der Waals surface area contributed by atoms with Crippen molar-refractivity contribution in [3.63, 3.8) is 0 Å². The number of pyridine rings is 1. The number of nitrogens with one attached hydrogen (secondary N) is 1. The number of carbonyl (C=O) groups excluding carboxylic acids is 1. The highest BCUT2D eigenvalue weighted by atomic mass is 32.2. The molecule has 3 rings (SSSR count). The lowest BCUT2D eigenvalue weighted by Gasteiger charge is -2.11. The fourth-order valence-electron chi connectivity index (χ4n) is 2.44. The normalized spacial score (nSPS) is 12.2. The van der Waals surface area contributed by atoms with Gasteiger partial charge in [-0.1, -0.05) is 23.8 Å². The SMILES string of the molecule is Cc1ccc(S[C@@H](C)C(=O)NCCc2cn3ccccc3n2)cc1. The number of aromatic nitrogens is 2. The lowest BCUT2D eigenvalue weighted by molar-refractivity contribution is -0.120. The molecule has 1 atom stereocenters. The maximum absolute atomic E-state index is 12.2. The number of rotatable bonds is 6. The molecule has 0 aliphatic rings. The first kappa shape index (κ1) is 16.6. The van der Waals surface area contributed by atoms with E-state index in [-0.39, 0.29) is 11.2 Å². The molecule has 0 spiro atoms. The lowest BCUT2D eigenvalue weighted by atomic mass is 10.2. The Morgan fingerprint density at radius 1 is 1.25 bits per heavy atom. The fourth-order valence-corrected chi connectivity index (χ4v) is 3.33. The monoisotopic (exact) mass is 339 g/mol. The molecule has 5 heteroatoms. The average Bonchev–Trinajstić information content (AvgIpc) is 2.99. The predicted octanol–water partition coefficient (Wildman–Crippen LogP) is 3.48. The molecular formula is C19H21N3OS. The van der Waals surface area contributed by atoms with E-state index in [1.807, 2.05) is 41.9 Å². The average molecular weight is 339 g/mol. The molecule has 0 aliphatic carbocycles. The largest absolute Gasteiger partial charge is 0.355 e. The van der Waals surface area contributed by atoms with Crippen LogP contribution in [0.5, 0.6) is 0 Å². The topological polar surface area (TPSA) is 46.4 Å². The van der Waals surface area contributed by atoms with Crippen LogP contribution in [0.4, 0.5) is 0 Å². The summed E-state index contributed by atoms with van der Waals surface area (Å²) in [5.41, 5.74) is 3.14. The van der Waals surface area contributed by atoms with E-state index in [4.69, 9.17) is 0 Å². The van der Waals surface area contributed by atoms with Gasteiger partial charge in [0.2, 0.25) is 5.91 Å². The molecule has 0 radical (unpaired) electrons. The third kappa shape index (κ3) is 4.17. The van der Waals surface area contributed by atoms with Crippen LogP contribution in [0, 0.1) is 6.92 Å². The second-order valence-electron chi connectivity index (χ2n) is 5.81. The molecule has 0 bridgehead atoms. The van der Waals surface area contributed by atoms with Crippen molar-refractivity contribution in [2.45, 2.75) is 30.4 Å². The first-order valence-corrected chi connectivity index (χ1v) is 8.93. The molecule has 1 amide bonds. The molecule has 124 valence electrons. The molecule has 0 aliphatic heterocycles. The van der Waals surface area contributed by atoms with Crippen LogP contribution < -0.4 is 5.32 Å². The first-order valence-electron chi connectivity index (χ1n) is 8.05. The van der Waals surface area contributed by atoms with Crippen molar-refractivity contribution in [2.75, 3.05) is 6.54 Å². The molecule has 4 nitrogen and oxygen atoms in total. The van der Waals surface area contributed by atoms with Crippen LogP contribution in [-0.4, -0.2) is 27.1 Å². The highest BCUT2D eigenvalue weighted by molar-refractivity contribution is 8.00. The van der Waals surface area contributed by atoms with Crippen LogP contribution in [0.25, 0.3) is 5.65 Å². The Balaban J connectivity index is 1.48. The van der Waals surface area contributed by atoms with Gasteiger partial charge in [0, 0.05) is 30.3 Å². The zero-order valence-electron chi connectivity index (χ0n) is 13.9.